The number of nitrogens with zero attached hydrogens (tertiary/aromatic N) is 1. The van der Waals surface area contributed by atoms with Gasteiger partial charge < -0.3 is 9.73 Å². The Morgan fingerprint density at radius 2 is 1.96 bits per heavy atom. The van der Waals surface area contributed by atoms with Gasteiger partial charge in [0.2, 0.25) is 0 Å². The molecule has 2 aromatic carbocycles. The molecule has 5 nitrogen and oxygen atoms in total. The van der Waals surface area contributed by atoms with Crippen molar-refractivity contribution in [2.45, 2.75) is 13.8 Å². The lowest BCUT2D eigenvalue weighted by atomic mass is 10.1. The average molecular weight is 386 g/mol. The summed E-state index contributed by atoms with van der Waals surface area (Å²) in [7, 11) is 0. The number of halogens is 1. The van der Waals surface area contributed by atoms with Gasteiger partial charge in [0.05, 0.1) is 22.0 Å². The molecule has 1 aromatic heterocycles. The van der Waals surface area contributed by atoms with Gasteiger partial charge in [-0.25, -0.2) is 4.79 Å². The van der Waals surface area contributed by atoms with Crippen molar-refractivity contribution in [1.82, 2.24) is 5.43 Å². The first-order valence-corrected chi connectivity index (χ1v) is 8.63. The van der Waals surface area contributed by atoms with E-state index in [1.165, 1.54) is 0 Å². The molecule has 0 amide bonds. The molecular formula is C19H16ClN3O2S. The SMILES string of the molecule is C/C(=N\NC(=S)Nc1cc(C)ccc1Cl)c1cc2ccccc2oc1=O. The van der Waals surface area contributed by atoms with Gasteiger partial charge in [-0.05, 0) is 55.9 Å². The van der Waals surface area contributed by atoms with Crippen molar-refractivity contribution in [2.75, 3.05) is 5.32 Å². The second-order valence-electron chi connectivity index (χ2n) is 5.73. The summed E-state index contributed by atoms with van der Waals surface area (Å²) in [5.74, 6) is 0. The van der Waals surface area contributed by atoms with E-state index in [-0.39, 0.29) is 5.11 Å². The van der Waals surface area contributed by atoms with Crippen LogP contribution in [-0.4, -0.2) is 10.8 Å². The molecule has 0 atom stereocenters. The van der Waals surface area contributed by atoms with Crippen molar-refractivity contribution < 1.29 is 4.42 Å². The van der Waals surface area contributed by atoms with E-state index >= 15 is 0 Å². The average Bonchev–Trinajstić information content (AvgIpc) is 2.62. The molecule has 1 heterocycles. The number of hydrogen-bond donors (Lipinski definition) is 2. The quantitative estimate of drug-likeness (QED) is 0.301. The lowest BCUT2D eigenvalue weighted by Crippen LogP contribution is -2.26. The number of thiocarbonyl (C=S) groups is 1. The monoisotopic (exact) mass is 385 g/mol. The van der Waals surface area contributed by atoms with Gasteiger partial charge >= 0.3 is 5.63 Å². The molecule has 0 saturated carbocycles. The Morgan fingerprint density at radius 3 is 2.77 bits per heavy atom. The summed E-state index contributed by atoms with van der Waals surface area (Å²) < 4.78 is 5.32. The van der Waals surface area contributed by atoms with Crippen LogP contribution in [0.1, 0.15) is 18.1 Å². The van der Waals surface area contributed by atoms with Crippen molar-refractivity contribution >= 4 is 51.3 Å². The number of fused-ring (bicyclic) bond motifs is 1. The van der Waals surface area contributed by atoms with Gasteiger partial charge in [-0.15, -0.1) is 0 Å². The van der Waals surface area contributed by atoms with Crippen LogP contribution in [0.4, 0.5) is 5.69 Å². The number of benzene rings is 2. The first-order chi connectivity index (χ1) is 12.4. The number of anilines is 1. The van der Waals surface area contributed by atoms with Gasteiger partial charge in [0.25, 0.3) is 0 Å². The summed E-state index contributed by atoms with van der Waals surface area (Å²) in [4.78, 5) is 12.2. The van der Waals surface area contributed by atoms with Crippen LogP contribution in [0.3, 0.4) is 0 Å². The smallest absolute Gasteiger partial charge is 0.345 e. The molecule has 0 aliphatic heterocycles. The second kappa shape index (κ2) is 7.68. The third kappa shape index (κ3) is 4.09. The molecule has 0 radical (unpaired) electrons. The molecule has 0 fully saturated rings. The van der Waals surface area contributed by atoms with Crippen LogP contribution >= 0.6 is 23.8 Å². The molecule has 7 heteroatoms. The fourth-order valence-electron chi connectivity index (χ4n) is 2.39. The lowest BCUT2D eigenvalue weighted by Gasteiger charge is -2.10. The van der Waals surface area contributed by atoms with Crippen molar-refractivity contribution in [2.24, 2.45) is 5.10 Å². The van der Waals surface area contributed by atoms with Crippen LogP contribution in [0, 0.1) is 6.92 Å². The Hall–Kier alpha value is -2.70. The minimum atomic E-state index is -0.452. The highest BCUT2D eigenvalue weighted by Crippen LogP contribution is 2.22. The molecule has 0 saturated heterocycles. The molecule has 0 bridgehead atoms. The first-order valence-electron chi connectivity index (χ1n) is 7.85. The standard InChI is InChI=1S/C19H16ClN3O2S/c1-11-7-8-15(20)16(9-11)21-19(26)23-22-12(2)14-10-13-5-3-4-6-17(13)25-18(14)24/h3-10H,1-2H3,(H2,21,23,26)/b22-12+. The number of para-hydroxylation sites is 1. The van der Waals surface area contributed by atoms with Crippen LogP contribution in [0.15, 0.2) is 62.8 Å². The van der Waals surface area contributed by atoms with Crippen LogP contribution in [-0.2, 0) is 0 Å². The molecule has 0 spiro atoms. The number of rotatable bonds is 3. The van der Waals surface area contributed by atoms with Gasteiger partial charge in [-0.1, -0.05) is 35.9 Å². The Morgan fingerprint density at radius 1 is 1.19 bits per heavy atom. The number of hydrazone groups is 1. The summed E-state index contributed by atoms with van der Waals surface area (Å²) in [6, 6.07) is 14.6. The number of hydrogen-bond acceptors (Lipinski definition) is 4. The molecule has 132 valence electrons. The third-order valence-corrected chi connectivity index (χ3v) is 4.25. The van der Waals surface area contributed by atoms with Gasteiger partial charge in [0, 0.05) is 5.39 Å². The highest BCUT2D eigenvalue weighted by molar-refractivity contribution is 7.80. The van der Waals surface area contributed by atoms with Crippen molar-refractivity contribution in [1.29, 1.82) is 0 Å². The van der Waals surface area contributed by atoms with E-state index in [9.17, 15) is 4.79 Å². The van der Waals surface area contributed by atoms with Crippen LogP contribution in [0.5, 0.6) is 0 Å². The maximum atomic E-state index is 12.2. The Labute approximate surface area is 160 Å². The highest BCUT2D eigenvalue weighted by Gasteiger charge is 2.09. The van der Waals surface area contributed by atoms with Gasteiger partial charge in [0.1, 0.15) is 5.58 Å². The van der Waals surface area contributed by atoms with Crippen LogP contribution < -0.4 is 16.4 Å². The fraction of sp³-hybridized carbons (Fsp3) is 0.105. The summed E-state index contributed by atoms with van der Waals surface area (Å²) in [5, 5.41) is 8.79. The number of nitrogens with one attached hydrogen (secondary N) is 2. The minimum Gasteiger partial charge on any atom is -0.422 e. The second-order valence-corrected chi connectivity index (χ2v) is 6.55. The molecule has 0 unspecified atom stereocenters. The normalized spacial score (nSPS) is 11.4. The van der Waals surface area contributed by atoms with E-state index in [2.05, 4.69) is 15.8 Å². The molecule has 2 N–H and O–H groups in total. The van der Waals surface area contributed by atoms with E-state index < -0.39 is 5.63 Å². The first kappa shape index (κ1) is 18.1. The van der Waals surface area contributed by atoms with Crippen LogP contribution in [0.2, 0.25) is 5.02 Å². The van der Waals surface area contributed by atoms with E-state index in [0.717, 1.165) is 10.9 Å². The molecule has 0 aliphatic carbocycles. The topological polar surface area (TPSA) is 66.6 Å². The van der Waals surface area contributed by atoms with Crippen molar-refractivity contribution in [3.05, 3.63) is 75.1 Å². The number of aryl methyl sites for hydroxylation is 1. The zero-order valence-electron chi connectivity index (χ0n) is 14.2. The zero-order valence-corrected chi connectivity index (χ0v) is 15.7. The fourth-order valence-corrected chi connectivity index (χ4v) is 2.71. The largest absolute Gasteiger partial charge is 0.422 e. The predicted octanol–water partition coefficient (Wildman–Crippen LogP) is 4.47. The van der Waals surface area contributed by atoms with Gasteiger partial charge in [0.15, 0.2) is 5.11 Å². The Bertz CT molecular complexity index is 1080. The molecule has 3 aromatic rings. The van der Waals surface area contributed by atoms with Gasteiger partial charge in [-0.2, -0.15) is 5.10 Å². The van der Waals surface area contributed by atoms with E-state index in [1.54, 1.807) is 25.1 Å². The van der Waals surface area contributed by atoms with Crippen LogP contribution in [0.25, 0.3) is 11.0 Å². The molecular weight excluding hydrogens is 370 g/mol. The summed E-state index contributed by atoms with van der Waals surface area (Å²) >= 11 is 11.4. The van der Waals surface area contributed by atoms with Crippen molar-refractivity contribution in [3.63, 3.8) is 0 Å². The maximum absolute atomic E-state index is 12.2. The molecule has 0 aliphatic rings. The summed E-state index contributed by atoms with van der Waals surface area (Å²) in [6.07, 6.45) is 0. The summed E-state index contributed by atoms with van der Waals surface area (Å²) in [5.41, 5.74) is 5.37. The van der Waals surface area contributed by atoms with Crippen molar-refractivity contribution in [3.8, 4) is 0 Å². The zero-order chi connectivity index (χ0) is 18.7. The van der Waals surface area contributed by atoms with E-state index in [1.807, 2.05) is 37.3 Å². The Balaban J connectivity index is 1.78. The maximum Gasteiger partial charge on any atom is 0.345 e. The molecule has 26 heavy (non-hydrogen) atoms. The summed E-state index contributed by atoms with van der Waals surface area (Å²) in [6.45, 7) is 3.66. The van der Waals surface area contributed by atoms with E-state index in [0.29, 0.717) is 27.6 Å². The lowest BCUT2D eigenvalue weighted by molar-refractivity contribution is 0.559. The van der Waals surface area contributed by atoms with E-state index in [4.69, 9.17) is 28.2 Å². The Kier molecular flexibility index (Phi) is 5.35. The third-order valence-electron chi connectivity index (χ3n) is 3.73. The molecule has 3 rings (SSSR count). The highest BCUT2D eigenvalue weighted by atomic mass is 35.5. The predicted molar refractivity (Wildman–Crippen MR) is 110 cm³/mol. The minimum absolute atomic E-state index is 0.266. The van der Waals surface area contributed by atoms with Gasteiger partial charge in [-0.3, -0.25) is 5.43 Å².